The maximum atomic E-state index is 13.1. The van der Waals surface area contributed by atoms with Gasteiger partial charge in [0.05, 0.1) is 7.11 Å². The maximum absolute atomic E-state index is 13.1. The van der Waals surface area contributed by atoms with Crippen LogP contribution in [-0.4, -0.2) is 43.7 Å². The first kappa shape index (κ1) is 16.3. The van der Waals surface area contributed by atoms with E-state index in [0.29, 0.717) is 24.0 Å². The molecule has 2 aromatic heterocycles. The van der Waals surface area contributed by atoms with E-state index in [1.165, 1.54) is 6.33 Å². The fourth-order valence-corrected chi connectivity index (χ4v) is 2.85. The molecule has 1 fully saturated rings. The number of ether oxygens (including phenoxy) is 1. The van der Waals surface area contributed by atoms with Gasteiger partial charge in [0.25, 0.3) is 5.91 Å². The van der Waals surface area contributed by atoms with E-state index in [9.17, 15) is 4.79 Å². The van der Waals surface area contributed by atoms with Gasteiger partial charge in [0.15, 0.2) is 5.82 Å². The van der Waals surface area contributed by atoms with Gasteiger partial charge in [-0.05, 0) is 42.7 Å². The highest BCUT2D eigenvalue weighted by Gasteiger charge is 2.33. The Hall–Kier alpha value is -3.22. The summed E-state index contributed by atoms with van der Waals surface area (Å²) in [4.78, 5) is 23.2. The summed E-state index contributed by atoms with van der Waals surface area (Å²) in [6.45, 7) is 0.578. The number of methoxy groups -OCH3 is 1. The SMILES string of the molecule is COc1ccc(CN(C(=O)c2ccnc(-n3cncn3)c2)C2CC2)cc1. The number of benzene rings is 1. The van der Waals surface area contributed by atoms with Gasteiger partial charge >= 0.3 is 0 Å². The van der Waals surface area contributed by atoms with Gasteiger partial charge in [-0.15, -0.1) is 0 Å². The summed E-state index contributed by atoms with van der Waals surface area (Å²) in [6, 6.07) is 11.6. The number of pyridine rings is 1. The highest BCUT2D eigenvalue weighted by atomic mass is 16.5. The zero-order valence-electron chi connectivity index (χ0n) is 14.4. The lowest BCUT2D eigenvalue weighted by Gasteiger charge is -2.23. The zero-order valence-corrected chi connectivity index (χ0v) is 14.4. The van der Waals surface area contributed by atoms with Crippen LogP contribution in [0.4, 0.5) is 0 Å². The van der Waals surface area contributed by atoms with Crippen LogP contribution in [-0.2, 0) is 6.54 Å². The van der Waals surface area contributed by atoms with Crippen LogP contribution in [0.1, 0.15) is 28.8 Å². The average molecular weight is 349 g/mol. The minimum absolute atomic E-state index is 0.00656. The molecule has 0 atom stereocenters. The van der Waals surface area contributed by atoms with Crippen molar-refractivity contribution in [2.75, 3.05) is 7.11 Å². The molecule has 0 bridgehead atoms. The molecule has 1 saturated carbocycles. The molecule has 1 aliphatic rings. The summed E-state index contributed by atoms with van der Waals surface area (Å²) in [5.74, 6) is 1.39. The lowest BCUT2D eigenvalue weighted by atomic mass is 10.1. The third kappa shape index (κ3) is 3.42. The molecule has 0 N–H and O–H groups in total. The topological polar surface area (TPSA) is 73.1 Å². The Kier molecular flexibility index (Phi) is 4.35. The molecule has 0 saturated heterocycles. The van der Waals surface area contributed by atoms with Crippen LogP contribution >= 0.6 is 0 Å². The number of amides is 1. The fourth-order valence-electron chi connectivity index (χ4n) is 2.85. The summed E-state index contributed by atoms with van der Waals surface area (Å²) in [5, 5.41) is 4.07. The quantitative estimate of drug-likeness (QED) is 0.683. The van der Waals surface area contributed by atoms with E-state index >= 15 is 0 Å². The van der Waals surface area contributed by atoms with E-state index in [1.807, 2.05) is 29.2 Å². The number of aromatic nitrogens is 4. The van der Waals surface area contributed by atoms with Crippen molar-refractivity contribution < 1.29 is 9.53 Å². The summed E-state index contributed by atoms with van der Waals surface area (Å²) in [6.07, 6.45) is 6.72. The molecule has 7 heteroatoms. The molecule has 0 unspecified atom stereocenters. The lowest BCUT2D eigenvalue weighted by molar-refractivity contribution is 0.0729. The largest absolute Gasteiger partial charge is 0.497 e. The van der Waals surface area contributed by atoms with Crippen LogP contribution in [0.25, 0.3) is 5.82 Å². The first-order valence-electron chi connectivity index (χ1n) is 8.49. The van der Waals surface area contributed by atoms with Gasteiger partial charge in [0.2, 0.25) is 0 Å². The summed E-state index contributed by atoms with van der Waals surface area (Å²) >= 11 is 0. The highest BCUT2D eigenvalue weighted by Crippen LogP contribution is 2.30. The van der Waals surface area contributed by atoms with Crippen molar-refractivity contribution in [1.82, 2.24) is 24.6 Å². The third-order valence-electron chi connectivity index (χ3n) is 4.41. The van der Waals surface area contributed by atoms with Crippen LogP contribution < -0.4 is 4.74 Å². The second-order valence-corrected chi connectivity index (χ2v) is 6.26. The Bertz CT molecular complexity index is 889. The van der Waals surface area contributed by atoms with Gasteiger partial charge in [0, 0.05) is 24.3 Å². The number of carbonyl (C=O) groups excluding carboxylic acids is 1. The van der Waals surface area contributed by atoms with Crippen LogP contribution in [0, 0.1) is 0 Å². The number of nitrogens with zero attached hydrogens (tertiary/aromatic N) is 5. The van der Waals surface area contributed by atoms with E-state index in [2.05, 4.69) is 15.1 Å². The third-order valence-corrected chi connectivity index (χ3v) is 4.41. The van der Waals surface area contributed by atoms with Crippen LogP contribution in [0.3, 0.4) is 0 Å². The Balaban J connectivity index is 1.56. The Morgan fingerprint density at radius 3 is 2.73 bits per heavy atom. The number of rotatable bonds is 6. The highest BCUT2D eigenvalue weighted by molar-refractivity contribution is 5.95. The van der Waals surface area contributed by atoms with E-state index in [-0.39, 0.29) is 5.91 Å². The monoisotopic (exact) mass is 349 g/mol. The molecular weight excluding hydrogens is 330 g/mol. The summed E-state index contributed by atoms with van der Waals surface area (Å²) in [5.41, 5.74) is 1.68. The van der Waals surface area contributed by atoms with Gasteiger partial charge in [-0.2, -0.15) is 5.10 Å². The fraction of sp³-hybridized carbons (Fsp3) is 0.263. The molecule has 2 heterocycles. The molecular formula is C19H19N5O2. The van der Waals surface area contributed by atoms with Gasteiger partial charge in [-0.1, -0.05) is 12.1 Å². The number of carbonyl (C=O) groups is 1. The van der Waals surface area contributed by atoms with Crippen LogP contribution in [0.15, 0.2) is 55.2 Å². The second-order valence-electron chi connectivity index (χ2n) is 6.26. The first-order chi connectivity index (χ1) is 12.7. The molecule has 26 heavy (non-hydrogen) atoms. The van der Waals surface area contributed by atoms with Crippen molar-refractivity contribution in [3.05, 3.63) is 66.4 Å². The predicted molar refractivity (Wildman–Crippen MR) is 95.0 cm³/mol. The minimum atomic E-state index is 0.00656. The van der Waals surface area contributed by atoms with E-state index < -0.39 is 0 Å². The van der Waals surface area contributed by atoms with Crippen molar-refractivity contribution >= 4 is 5.91 Å². The first-order valence-corrected chi connectivity index (χ1v) is 8.49. The van der Waals surface area contributed by atoms with Gasteiger partial charge in [-0.25, -0.2) is 14.6 Å². The maximum Gasteiger partial charge on any atom is 0.254 e. The minimum Gasteiger partial charge on any atom is -0.497 e. The van der Waals surface area contributed by atoms with Gasteiger partial charge in [0.1, 0.15) is 18.4 Å². The normalized spacial score (nSPS) is 13.4. The van der Waals surface area contributed by atoms with Crippen LogP contribution in [0.2, 0.25) is 0 Å². The molecule has 0 radical (unpaired) electrons. The van der Waals surface area contributed by atoms with Gasteiger partial charge in [-0.3, -0.25) is 4.79 Å². The Labute approximate surface area is 151 Å². The van der Waals surface area contributed by atoms with E-state index in [4.69, 9.17) is 4.74 Å². The second kappa shape index (κ2) is 6.95. The van der Waals surface area contributed by atoms with Crippen LogP contribution in [0.5, 0.6) is 5.75 Å². The summed E-state index contributed by atoms with van der Waals surface area (Å²) in [7, 11) is 1.64. The summed E-state index contributed by atoms with van der Waals surface area (Å²) < 4.78 is 6.74. The molecule has 132 valence electrons. The lowest BCUT2D eigenvalue weighted by Crippen LogP contribution is -2.32. The van der Waals surface area contributed by atoms with Gasteiger partial charge < -0.3 is 9.64 Å². The van der Waals surface area contributed by atoms with E-state index in [1.54, 1.807) is 36.4 Å². The number of hydrogen-bond donors (Lipinski definition) is 0. The number of hydrogen-bond acceptors (Lipinski definition) is 5. The molecule has 7 nitrogen and oxygen atoms in total. The van der Waals surface area contributed by atoms with Crippen molar-refractivity contribution in [2.45, 2.75) is 25.4 Å². The van der Waals surface area contributed by atoms with Crippen molar-refractivity contribution in [3.8, 4) is 11.6 Å². The molecule has 1 aliphatic carbocycles. The average Bonchev–Trinajstić information content (AvgIpc) is 3.38. The molecule has 1 aromatic carbocycles. The van der Waals surface area contributed by atoms with E-state index in [0.717, 1.165) is 24.2 Å². The zero-order chi connectivity index (χ0) is 17.9. The van der Waals surface area contributed by atoms with Crippen molar-refractivity contribution in [3.63, 3.8) is 0 Å². The molecule has 0 spiro atoms. The molecule has 3 aromatic rings. The molecule has 4 rings (SSSR count). The van der Waals surface area contributed by atoms with Crippen molar-refractivity contribution in [1.29, 1.82) is 0 Å². The molecule has 0 aliphatic heterocycles. The Morgan fingerprint density at radius 2 is 2.08 bits per heavy atom. The predicted octanol–water partition coefficient (Wildman–Crippen LogP) is 2.48. The standard InChI is InChI=1S/C19H19N5O2/c1-26-17-6-2-14(3-7-17)11-23(16-4-5-16)19(25)15-8-9-21-18(10-15)24-13-20-12-22-24/h2-3,6-10,12-13,16H,4-5,11H2,1H3. The Morgan fingerprint density at radius 1 is 1.27 bits per heavy atom. The molecule has 1 amide bonds. The smallest absolute Gasteiger partial charge is 0.254 e. The van der Waals surface area contributed by atoms with Crippen molar-refractivity contribution in [2.24, 2.45) is 0 Å².